The smallest absolute Gasteiger partial charge is 0.283 e. The topological polar surface area (TPSA) is 133 Å². The Labute approximate surface area is 208 Å². The molecule has 9 nitrogen and oxygen atoms in total. The minimum atomic E-state index is -3.96. The number of carbonyl (C=O) groups excluding carboxylic acids is 1. The first-order valence-electron chi connectivity index (χ1n) is 10.3. The zero-order valence-corrected chi connectivity index (χ0v) is 20.4. The van der Waals surface area contributed by atoms with Crippen LogP contribution in [0.15, 0.2) is 82.8 Å². The van der Waals surface area contributed by atoms with Gasteiger partial charge in [-0.1, -0.05) is 41.9 Å². The molecule has 0 aliphatic heterocycles. The molecule has 0 aromatic heterocycles. The lowest BCUT2D eigenvalue weighted by molar-refractivity contribution is -0.115. The van der Waals surface area contributed by atoms with Crippen LogP contribution in [0.2, 0.25) is 5.02 Å². The summed E-state index contributed by atoms with van der Waals surface area (Å²) in [4.78, 5) is 12.4. The molecule has 0 aliphatic carbocycles. The van der Waals surface area contributed by atoms with E-state index in [4.69, 9.17) is 16.3 Å². The number of halogens is 1. The Hall–Kier alpha value is -4.07. The number of hydrogen-bond acceptors (Lipinski definition) is 7. The third-order valence-electron chi connectivity index (χ3n) is 4.83. The molecule has 0 radical (unpaired) electrons. The maximum Gasteiger partial charge on any atom is 0.283 e. The van der Waals surface area contributed by atoms with E-state index >= 15 is 0 Å². The summed E-state index contributed by atoms with van der Waals surface area (Å²) in [6.07, 6.45) is 0. The first-order chi connectivity index (χ1) is 16.7. The third-order valence-corrected chi connectivity index (χ3v) is 6.46. The van der Waals surface area contributed by atoms with Crippen LogP contribution in [0.5, 0.6) is 5.75 Å². The minimum Gasteiger partial charge on any atom is -0.495 e. The number of sulfonamides is 1. The molecular formula is C24H22ClN5O4S. The summed E-state index contributed by atoms with van der Waals surface area (Å²) in [5.41, 5.74) is 3.45. The molecule has 180 valence electrons. The number of carbonyl (C=O) groups is 1. The zero-order valence-electron chi connectivity index (χ0n) is 18.8. The number of nitrogens with one attached hydrogen (secondary N) is 3. The third kappa shape index (κ3) is 6.72. The van der Waals surface area contributed by atoms with Crippen LogP contribution in [-0.4, -0.2) is 27.1 Å². The number of methoxy groups -OCH3 is 1. The van der Waals surface area contributed by atoms with Gasteiger partial charge in [0.15, 0.2) is 0 Å². The Bertz CT molecular complexity index is 1370. The number of hydrogen-bond donors (Lipinski definition) is 3. The van der Waals surface area contributed by atoms with E-state index < -0.39 is 21.6 Å². The second-order valence-electron chi connectivity index (χ2n) is 7.26. The highest BCUT2D eigenvalue weighted by Gasteiger charge is 2.19. The van der Waals surface area contributed by atoms with E-state index in [1.54, 1.807) is 25.1 Å². The van der Waals surface area contributed by atoms with E-state index in [9.17, 15) is 18.5 Å². The van der Waals surface area contributed by atoms with Gasteiger partial charge in [-0.2, -0.15) is 10.4 Å². The molecule has 0 bridgehead atoms. The van der Waals surface area contributed by atoms with Crippen LogP contribution < -0.4 is 20.2 Å². The molecule has 0 spiro atoms. The summed E-state index contributed by atoms with van der Waals surface area (Å²) in [6, 6.07) is 20.9. The van der Waals surface area contributed by atoms with Gasteiger partial charge in [0.1, 0.15) is 11.8 Å². The second-order valence-corrected chi connectivity index (χ2v) is 9.38. The molecule has 3 N–H and O–H groups in total. The van der Waals surface area contributed by atoms with Crippen LogP contribution in [-0.2, 0) is 14.8 Å². The summed E-state index contributed by atoms with van der Waals surface area (Å²) in [5, 5.41) is 16.5. The molecule has 0 saturated heterocycles. The lowest BCUT2D eigenvalue weighted by atomic mass is 10.1. The molecule has 35 heavy (non-hydrogen) atoms. The highest BCUT2D eigenvalue weighted by Crippen LogP contribution is 2.29. The van der Waals surface area contributed by atoms with Gasteiger partial charge < -0.3 is 10.1 Å². The number of hydrazone groups is 1. The van der Waals surface area contributed by atoms with Crippen LogP contribution in [0.4, 0.5) is 11.4 Å². The van der Waals surface area contributed by atoms with Crippen molar-refractivity contribution in [2.45, 2.75) is 17.9 Å². The molecule has 0 aliphatic rings. The van der Waals surface area contributed by atoms with Crippen molar-refractivity contribution in [1.29, 1.82) is 5.26 Å². The Balaban J connectivity index is 1.80. The van der Waals surface area contributed by atoms with E-state index in [0.717, 1.165) is 5.56 Å². The zero-order chi connectivity index (χ0) is 25.4. The van der Waals surface area contributed by atoms with Crippen molar-refractivity contribution in [2.75, 3.05) is 17.3 Å². The molecule has 3 aromatic rings. The molecule has 1 atom stereocenters. The van der Waals surface area contributed by atoms with Crippen LogP contribution in [0.3, 0.4) is 0 Å². The highest BCUT2D eigenvalue weighted by atomic mass is 35.5. The van der Waals surface area contributed by atoms with Gasteiger partial charge >= 0.3 is 0 Å². The fourth-order valence-electron chi connectivity index (χ4n) is 3.01. The first kappa shape index (κ1) is 25.6. The lowest BCUT2D eigenvalue weighted by Crippen LogP contribution is -2.33. The van der Waals surface area contributed by atoms with Crippen molar-refractivity contribution in [3.05, 3.63) is 83.4 Å². The van der Waals surface area contributed by atoms with Gasteiger partial charge in [0.2, 0.25) is 5.71 Å². The van der Waals surface area contributed by atoms with Crippen LogP contribution in [0.1, 0.15) is 18.5 Å². The minimum absolute atomic E-state index is 0.0911. The number of anilines is 2. The van der Waals surface area contributed by atoms with Gasteiger partial charge in [-0.3, -0.25) is 14.9 Å². The van der Waals surface area contributed by atoms with Crippen molar-refractivity contribution < 1.29 is 17.9 Å². The summed E-state index contributed by atoms with van der Waals surface area (Å²) < 4.78 is 33.4. The second kappa shape index (κ2) is 11.4. The number of nitriles is 1. The molecule has 3 aromatic carbocycles. The molecular weight excluding hydrogens is 490 g/mol. The summed E-state index contributed by atoms with van der Waals surface area (Å²) in [5.74, 6) is -0.432. The Morgan fingerprint density at radius 2 is 1.77 bits per heavy atom. The maximum absolute atomic E-state index is 12.8. The molecule has 0 fully saturated rings. The van der Waals surface area contributed by atoms with Crippen LogP contribution >= 0.6 is 11.6 Å². The SMILES string of the molecule is COc1ccc(S(=O)(=O)Nc2ccc(Cl)cc2)cc1NN=C(C#N)C(=O)NC(C)c1ccccc1. The Morgan fingerprint density at radius 3 is 2.40 bits per heavy atom. The normalized spacial score (nSPS) is 12.2. The van der Waals surface area contributed by atoms with E-state index in [-0.39, 0.29) is 22.4 Å². The lowest BCUT2D eigenvalue weighted by Gasteiger charge is -2.14. The molecule has 0 heterocycles. The van der Waals surface area contributed by atoms with Crippen molar-refractivity contribution in [2.24, 2.45) is 5.10 Å². The van der Waals surface area contributed by atoms with E-state index in [0.29, 0.717) is 10.7 Å². The highest BCUT2D eigenvalue weighted by molar-refractivity contribution is 7.92. The predicted octanol–water partition coefficient (Wildman–Crippen LogP) is 4.32. The standard InChI is InChI=1S/C24H22ClN5O4S/c1-16(17-6-4-3-5-7-17)27-24(31)22(15-26)29-28-21-14-20(12-13-23(21)34-2)35(32,33)30-19-10-8-18(25)9-11-19/h3-14,16,28,30H,1-2H3,(H,27,31). The maximum atomic E-state index is 12.8. The van der Waals surface area contributed by atoms with Crippen LogP contribution in [0.25, 0.3) is 0 Å². The van der Waals surface area contributed by atoms with Crippen LogP contribution in [0, 0.1) is 11.3 Å². The quantitative estimate of drug-likeness (QED) is 0.289. The average molecular weight is 512 g/mol. The van der Waals surface area contributed by atoms with E-state index in [1.807, 2.05) is 30.3 Å². The summed E-state index contributed by atoms with van der Waals surface area (Å²) in [7, 11) is -2.57. The van der Waals surface area contributed by atoms with Gasteiger partial charge in [-0.05, 0) is 55.0 Å². The van der Waals surface area contributed by atoms with E-state index in [1.165, 1.54) is 37.4 Å². The van der Waals surface area contributed by atoms with Crippen molar-refractivity contribution >= 4 is 44.6 Å². The summed E-state index contributed by atoms with van der Waals surface area (Å²) in [6.45, 7) is 1.78. The first-order valence-corrected chi connectivity index (χ1v) is 12.2. The Morgan fingerprint density at radius 1 is 1.09 bits per heavy atom. The number of rotatable bonds is 9. The predicted molar refractivity (Wildman–Crippen MR) is 135 cm³/mol. The van der Waals surface area contributed by atoms with Gasteiger partial charge in [-0.25, -0.2) is 8.42 Å². The van der Waals surface area contributed by atoms with Crippen molar-refractivity contribution in [3.63, 3.8) is 0 Å². The Kier molecular flexibility index (Phi) is 8.30. The van der Waals surface area contributed by atoms with E-state index in [2.05, 4.69) is 20.6 Å². The molecule has 0 saturated carbocycles. The van der Waals surface area contributed by atoms with Gasteiger partial charge in [0, 0.05) is 10.7 Å². The molecule has 1 unspecified atom stereocenters. The van der Waals surface area contributed by atoms with Gasteiger partial charge in [0.25, 0.3) is 15.9 Å². The molecule has 11 heteroatoms. The van der Waals surface area contributed by atoms with Gasteiger partial charge in [0.05, 0.1) is 23.7 Å². The molecule has 3 rings (SSSR count). The average Bonchev–Trinajstić information content (AvgIpc) is 2.86. The van der Waals surface area contributed by atoms with Crippen molar-refractivity contribution in [3.8, 4) is 11.8 Å². The number of ether oxygens (including phenoxy) is 1. The number of amides is 1. The summed E-state index contributed by atoms with van der Waals surface area (Å²) >= 11 is 5.84. The largest absolute Gasteiger partial charge is 0.495 e. The van der Waals surface area contributed by atoms with Crippen molar-refractivity contribution in [1.82, 2.24) is 5.32 Å². The number of nitrogens with zero attached hydrogens (tertiary/aromatic N) is 2. The molecule has 1 amide bonds. The fraction of sp³-hybridized carbons (Fsp3) is 0.125. The fourth-order valence-corrected chi connectivity index (χ4v) is 4.22. The monoisotopic (exact) mass is 511 g/mol. The number of benzene rings is 3. The van der Waals surface area contributed by atoms with Gasteiger partial charge in [-0.15, -0.1) is 0 Å².